The maximum absolute atomic E-state index is 11.4. The zero-order valence-corrected chi connectivity index (χ0v) is 12.9. The minimum Gasteiger partial charge on any atom is -0.323 e. The van der Waals surface area contributed by atoms with Crippen molar-refractivity contribution in [2.75, 3.05) is 6.26 Å². The minimum absolute atomic E-state index is 0.0805. The van der Waals surface area contributed by atoms with Crippen molar-refractivity contribution in [1.82, 2.24) is 4.98 Å². The van der Waals surface area contributed by atoms with Crippen LogP contribution in [0, 0.1) is 0 Å². The molecule has 0 aliphatic heterocycles. The molecule has 0 bridgehead atoms. The van der Waals surface area contributed by atoms with Crippen LogP contribution in [0.3, 0.4) is 0 Å². The summed E-state index contributed by atoms with van der Waals surface area (Å²) in [6, 6.07) is 10.6. The van der Waals surface area contributed by atoms with Gasteiger partial charge in [0.15, 0.2) is 9.84 Å². The number of benzene rings is 1. The second kappa shape index (κ2) is 5.95. The van der Waals surface area contributed by atoms with Crippen molar-refractivity contribution in [2.45, 2.75) is 27.7 Å². The SMILES string of the molecule is CC(N)c1ccc(Sc2ccc(S(C)(=O)=O)cc2)cn1. The maximum Gasteiger partial charge on any atom is 0.175 e. The summed E-state index contributed by atoms with van der Waals surface area (Å²) in [5, 5.41) is 0. The fourth-order valence-corrected chi connectivity index (χ4v) is 3.03. The van der Waals surface area contributed by atoms with E-state index >= 15 is 0 Å². The molecule has 0 saturated heterocycles. The smallest absolute Gasteiger partial charge is 0.175 e. The summed E-state index contributed by atoms with van der Waals surface area (Å²) in [7, 11) is -3.14. The summed E-state index contributed by atoms with van der Waals surface area (Å²) < 4.78 is 22.8. The average Bonchev–Trinajstić information content (AvgIpc) is 2.39. The zero-order chi connectivity index (χ0) is 14.8. The molecular weight excluding hydrogens is 292 g/mol. The van der Waals surface area contributed by atoms with Crippen molar-refractivity contribution in [3.05, 3.63) is 48.3 Å². The van der Waals surface area contributed by atoms with Gasteiger partial charge in [-0.1, -0.05) is 11.8 Å². The molecule has 0 fully saturated rings. The number of nitrogens with two attached hydrogens (primary N) is 1. The molecule has 0 radical (unpaired) electrons. The summed E-state index contributed by atoms with van der Waals surface area (Å²) in [6.45, 7) is 1.89. The number of pyridine rings is 1. The van der Waals surface area contributed by atoms with Crippen LogP contribution >= 0.6 is 11.8 Å². The van der Waals surface area contributed by atoms with E-state index in [4.69, 9.17) is 5.73 Å². The molecule has 0 spiro atoms. The van der Waals surface area contributed by atoms with Gasteiger partial charge >= 0.3 is 0 Å². The Morgan fingerprint density at radius 1 is 1.10 bits per heavy atom. The van der Waals surface area contributed by atoms with E-state index < -0.39 is 9.84 Å². The van der Waals surface area contributed by atoms with Crippen LogP contribution in [0.25, 0.3) is 0 Å². The number of rotatable bonds is 4. The molecule has 1 aromatic heterocycles. The summed E-state index contributed by atoms with van der Waals surface area (Å²) in [5.74, 6) is 0. The van der Waals surface area contributed by atoms with Crippen LogP contribution in [0.2, 0.25) is 0 Å². The highest BCUT2D eigenvalue weighted by molar-refractivity contribution is 7.99. The van der Waals surface area contributed by atoms with E-state index in [0.29, 0.717) is 4.90 Å². The van der Waals surface area contributed by atoms with Crippen molar-refractivity contribution < 1.29 is 8.42 Å². The number of nitrogens with zero attached hydrogens (tertiary/aromatic N) is 1. The lowest BCUT2D eigenvalue weighted by Gasteiger charge is -2.06. The predicted molar refractivity (Wildman–Crippen MR) is 80.5 cm³/mol. The zero-order valence-electron chi connectivity index (χ0n) is 11.3. The third-order valence-electron chi connectivity index (χ3n) is 2.71. The van der Waals surface area contributed by atoms with Crippen LogP contribution in [0.1, 0.15) is 18.7 Å². The molecule has 0 amide bonds. The van der Waals surface area contributed by atoms with Crippen molar-refractivity contribution >= 4 is 21.6 Å². The van der Waals surface area contributed by atoms with Gasteiger partial charge in [-0.25, -0.2) is 8.42 Å². The molecule has 1 aromatic carbocycles. The third kappa shape index (κ3) is 3.82. The quantitative estimate of drug-likeness (QED) is 0.940. The number of sulfone groups is 1. The normalized spacial score (nSPS) is 13.2. The second-order valence-electron chi connectivity index (χ2n) is 4.55. The molecule has 0 aliphatic carbocycles. The van der Waals surface area contributed by atoms with E-state index in [1.54, 1.807) is 30.5 Å². The van der Waals surface area contributed by atoms with Crippen LogP contribution in [0.5, 0.6) is 0 Å². The van der Waals surface area contributed by atoms with E-state index in [2.05, 4.69) is 4.98 Å². The first-order chi connectivity index (χ1) is 9.36. The summed E-state index contributed by atoms with van der Waals surface area (Å²) >= 11 is 1.53. The Bertz CT molecular complexity index is 678. The van der Waals surface area contributed by atoms with Crippen molar-refractivity contribution in [1.29, 1.82) is 0 Å². The molecule has 2 N–H and O–H groups in total. The van der Waals surface area contributed by atoms with E-state index in [9.17, 15) is 8.42 Å². The Labute approximate surface area is 123 Å². The third-order valence-corrected chi connectivity index (χ3v) is 4.83. The Kier molecular flexibility index (Phi) is 4.47. The lowest BCUT2D eigenvalue weighted by atomic mass is 10.2. The van der Waals surface area contributed by atoms with Gasteiger partial charge in [-0.05, 0) is 43.3 Å². The van der Waals surface area contributed by atoms with E-state index in [-0.39, 0.29) is 6.04 Å². The Morgan fingerprint density at radius 2 is 1.70 bits per heavy atom. The highest BCUT2D eigenvalue weighted by Crippen LogP contribution is 2.28. The van der Waals surface area contributed by atoms with E-state index in [0.717, 1.165) is 15.5 Å². The van der Waals surface area contributed by atoms with Gasteiger partial charge in [0.1, 0.15) is 0 Å². The van der Waals surface area contributed by atoms with Crippen LogP contribution < -0.4 is 5.73 Å². The fraction of sp³-hybridized carbons (Fsp3) is 0.214. The minimum atomic E-state index is -3.14. The van der Waals surface area contributed by atoms with Gasteiger partial charge in [0, 0.05) is 28.3 Å². The number of hydrogen-bond donors (Lipinski definition) is 1. The molecule has 106 valence electrons. The maximum atomic E-state index is 11.4. The molecule has 1 heterocycles. The molecular formula is C14H16N2O2S2. The highest BCUT2D eigenvalue weighted by Gasteiger charge is 2.07. The summed E-state index contributed by atoms with van der Waals surface area (Å²) in [4.78, 5) is 6.57. The Hall–Kier alpha value is -1.37. The highest BCUT2D eigenvalue weighted by atomic mass is 32.2. The van der Waals surface area contributed by atoms with Crippen LogP contribution in [0.4, 0.5) is 0 Å². The number of hydrogen-bond acceptors (Lipinski definition) is 5. The van der Waals surface area contributed by atoms with Crippen LogP contribution in [-0.2, 0) is 9.84 Å². The molecule has 2 aromatic rings. The Morgan fingerprint density at radius 3 is 2.15 bits per heavy atom. The standard InChI is InChI=1S/C14H16N2O2S2/c1-10(15)14-8-5-12(9-16-14)19-11-3-6-13(7-4-11)20(2,17)18/h3-10H,15H2,1-2H3. The summed E-state index contributed by atoms with van der Waals surface area (Å²) in [5.41, 5.74) is 6.60. The lowest BCUT2D eigenvalue weighted by Crippen LogP contribution is -2.06. The molecule has 6 heteroatoms. The summed E-state index contributed by atoms with van der Waals surface area (Å²) in [6.07, 6.45) is 2.97. The average molecular weight is 308 g/mol. The van der Waals surface area contributed by atoms with Gasteiger partial charge in [-0.15, -0.1) is 0 Å². The second-order valence-corrected chi connectivity index (χ2v) is 7.72. The molecule has 20 heavy (non-hydrogen) atoms. The van der Waals surface area contributed by atoms with Gasteiger partial charge in [-0.2, -0.15) is 0 Å². The lowest BCUT2D eigenvalue weighted by molar-refractivity contribution is 0.602. The predicted octanol–water partition coefficient (Wildman–Crippen LogP) is 2.66. The number of aromatic nitrogens is 1. The van der Waals surface area contributed by atoms with Crippen LogP contribution in [-0.4, -0.2) is 19.7 Å². The van der Waals surface area contributed by atoms with Gasteiger partial charge in [0.05, 0.1) is 10.6 Å². The molecule has 4 nitrogen and oxygen atoms in total. The fourth-order valence-electron chi connectivity index (χ4n) is 1.61. The molecule has 0 aliphatic rings. The van der Waals surface area contributed by atoms with E-state index in [1.165, 1.54) is 18.0 Å². The Balaban J connectivity index is 2.14. The molecule has 1 atom stereocenters. The topological polar surface area (TPSA) is 73.1 Å². The monoisotopic (exact) mass is 308 g/mol. The molecule has 1 unspecified atom stereocenters. The molecule has 2 rings (SSSR count). The van der Waals surface area contributed by atoms with Gasteiger partial charge in [-0.3, -0.25) is 4.98 Å². The largest absolute Gasteiger partial charge is 0.323 e. The van der Waals surface area contributed by atoms with Crippen LogP contribution in [0.15, 0.2) is 57.3 Å². The van der Waals surface area contributed by atoms with Gasteiger partial charge in [0.2, 0.25) is 0 Å². The van der Waals surface area contributed by atoms with Crippen molar-refractivity contribution in [2.24, 2.45) is 5.73 Å². The van der Waals surface area contributed by atoms with Crippen molar-refractivity contribution in [3.8, 4) is 0 Å². The molecule has 0 saturated carbocycles. The van der Waals surface area contributed by atoms with Gasteiger partial charge < -0.3 is 5.73 Å². The first-order valence-electron chi connectivity index (χ1n) is 6.06. The first kappa shape index (κ1) is 15.0. The first-order valence-corrected chi connectivity index (χ1v) is 8.76. The van der Waals surface area contributed by atoms with Crippen molar-refractivity contribution in [3.63, 3.8) is 0 Å². The van der Waals surface area contributed by atoms with E-state index in [1.807, 2.05) is 19.1 Å². The van der Waals surface area contributed by atoms with Gasteiger partial charge in [0.25, 0.3) is 0 Å².